The number of carboxylic acid groups (broad SMARTS) is 1. The van der Waals surface area contributed by atoms with Crippen LogP contribution in [0.25, 0.3) is 11.3 Å². The van der Waals surface area contributed by atoms with Gasteiger partial charge in [0.1, 0.15) is 0 Å². The first-order chi connectivity index (χ1) is 12.8. The quantitative estimate of drug-likeness (QED) is 0.891. The van der Waals surface area contributed by atoms with Gasteiger partial charge in [-0.05, 0) is 36.5 Å². The molecule has 0 bridgehead atoms. The van der Waals surface area contributed by atoms with Crippen LogP contribution in [-0.4, -0.2) is 40.0 Å². The van der Waals surface area contributed by atoms with E-state index in [1.807, 2.05) is 50.1 Å². The van der Waals surface area contributed by atoms with Crippen molar-refractivity contribution in [2.75, 3.05) is 13.1 Å². The minimum atomic E-state index is -0.953. The Kier molecular flexibility index (Phi) is 5.31. The summed E-state index contributed by atoms with van der Waals surface area (Å²) in [6.45, 7) is 7.48. The third-order valence-corrected chi connectivity index (χ3v) is 5.00. The second-order valence-electron chi connectivity index (χ2n) is 8.26. The van der Waals surface area contributed by atoms with E-state index in [0.717, 1.165) is 31.5 Å². The summed E-state index contributed by atoms with van der Waals surface area (Å²) in [6.07, 6.45) is 3.70. The van der Waals surface area contributed by atoms with Crippen LogP contribution in [0.3, 0.4) is 0 Å². The molecule has 1 amide bonds. The lowest BCUT2D eigenvalue weighted by atomic mass is 9.94. The maximum Gasteiger partial charge on any atom is 0.336 e. The lowest BCUT2D eigenvalue weighted by Gasteiger charge is -2.25. The second-order valence-corrected chi connectivity index (χ2v) is 8.26. The molecule has 27 heavy (non-hydrogen) atoms. The van der Waals surface area contributed by atoms with Gasteiger partial charge in [0.05, 0.1) is 11.3 Å². The summed E-state index contributed by atoms with van der Waals surface area (Å²) in [6, 6.07) is 10.8. The molecular weight excluding hydrogens is 340 g/mol. The fourth-order valence-electron chi connectivity index (χ4n) is 3.59. The molecule has 142 valence electrons. The molecule has 0 saturated carbocycles. The summed E-state index contributed by atoms with van der Waals surface area (Å²) in [7, 11) is 0. The molecule has 1 aliphatic rings. The Labute approximate surface area is 160 Å². The zero-order valence-electron chi connectivity index (χ0n) is 16.1. The van der Waals surface area contributed by atoms with Gasteiger partial charge in [0, 0.05) is 30.3 Å². The molecule has 1 fully saturated rings. The zero-order valence-corrected chi connectivity index (χ0v) is 16.1. The van der Waals surface area contributed by atoms with Crippen LogP contribution in [0.2, 0.25) is 0 Å². The van der Waals surface area contributed by atoms with Crippen LogP contribution in [-0.2, 0) is 11.2 Å². The highest BCUT2D eigenvalue weighted by molar-refractivity contribution is 5.95. The molecule has 0 aliphatic carbocycles. The van der Waals surface area contributed by atoms with Crippen molar-refractivity contribution in [1.82, 2.24) is 9.88 Å². The number of pyridine rings is 1. The fourth-order valence-corrected chi connectivity index (χ4v) is 3.59. The lowest BCUT2D eigenvalue weighted by molar-refractivity contribution is -0.138. The highest BCUT2D eigenvalue weighted by Gasteiger charge is 2.32. The molecule has 5 heteroatoms. The molecule has 0 radical (unpaired) electrons. The molecule has 3 rings (SSSR count). The SMILES string of the molecule is CC(C)(C)C(=O)N1CC[C@H](Cc2ccc(-c3ccccc3C(=O)O)nc2)C1. The van der Waals surface area contributed by atoms with Gasteiger partial charge in [0.15, 0.2) is 0 Å². The van der Waals surface area contributed by atoms with Crippen LogP contribution >= 0.6 is 0 Å². The zero-order chi connectivity index (χ0) is 19.6. The van der Waals surface area contributed by atoms with Crippen molar-refractivity contribution in [3.63, 3.8) is 0 Å². The molecule has 5 nitrogen and oxygen atoms in total. The highest BCUT2D eigenvalue weighted by Crippen LogP contribution is 2.27. The number of hydrogen-bond acceptors (Lipinski definition) is 3. The van der Waals surface area contributed by atoms with Crippen molar-refractivity contribution < 1.29 is 14.7 Å². The number of likely N-dealkylation sites (tertiary alicyclic amines) is 1. The van der Waals surface area contributed by atoms with Crippen LogP contribution in [0, 0.1) is 11.3 Å². The molecule has 2 aromatic rings. The minimum absolute atomic E-state index is 0.212. The van der Waals surface area contributed by atoms with Crippen molar-refractivity contribution in [1.29, 1.82) is 0 Å². The third-order valence-electron chi connectivity index (χ3n) is 5.00. The Morgan fingerprint density at radius 3 is 2.56 bits per heavy atom. The number of aromatic carboxylic acids is 1. The van der Waals surface area contributed by atoms with Gasteiger partial charge >= 0.3 is 5.97 Å². The normalized spacial score (nSPS) is 17.1. The van der Waals surface area contributed by atoms with Gasteiger partial charge in [-0.3, -0.25) is 9.78 Å². The molecule has 1 atom stereocenters. The third kappa shape index (κ3) is 4.35. The van der Waals surface area contributed by atoms with Crippen molar-refractivity contribution in [3.8, 4) is 11.3 Å². The van der Waals surface area contributed by atoms with Crippen LogP contribution in [0.15, 0.2) is 42.6 Å². The maximum atomic E-state index is 12.4. The maximum absolute atomic E-state index is 12.4. The standard InChI is InChI=1S/C22H26N2O3/c1-22(2,3)21(27)24-11-10-16(14-24)12-15-8-9-19(23-13-15)17-6-4-5-7-18(17)20(25)26/h4-9,13,16H,10-12,14H2,1-3H3,(H,25,26)/t16-/m1/s1. The Morgan fingerprint density at radius 2 is 1.93 bits per heavy atom. The van der Waals surface area contributed by atoms with Crippen molar-refractivity contribution in [2.24, 2.45) is 11.3 Å². The summed E-state index contributed by atoms with van der Waals surface area (Å²) >= 11 is 0. The van der Waals surface area contributed by atoms with E-state index in [2.05, 4.69) is 4.98 Å². The van der Waals surface area contributed by atoms with E-state index >= 15 is 0 Å². The number of carboxylic acids is 1. The molecule has 0 spiro atoms. The van der Waals surface area contributed by atoms with Gasteiger partial charge < -0.3 is 10.0 Å². The molecule has 1 aromatic carbocycles. The molecular formula is C22H26N2O3. The number of aromatic nitrogens is 1. The van der Waals surface area contributed by atoms with E-state index < -0.39 is 5.97 Å². The summed E-state index contributed by atoms with van der Waals surface area (Å²) in [5.41, 5.74) is 2.31. The average Bonchev–Trinajstić information content (AvgIpc) is 3.09. The first-order valence-electron chi connectivity index (χ1n) is 9.32. The Hall–Kier alpha value is -2.69. The average molecular weight is 366 g/mol. The van der Waals surface area contributed by atoms with Gasteiger partial charge in [-0.1, -0.05) is 45.0 Å². The van der Waals surface area contributed by atoms with Crippen LogP contribution < -0.4 is 0 Å². The number of rotatable bonds is 4. The van der Waals surface area contributed by atoms with Crippen LogP contribution in [0.4, 0.5) is 0 Å². The Bertz CT molecular complexity index is 837. The van der Waals surface area contributed by atoms with Crippen LogP contribution in [0.1, 0.15) is 43.1 Å². The number of amides is 1. The summed E-state index contributed by atoms with van der Waals surface area (Å²) in [4.78, 5) is 30.3. The van der Waals surface area contributed by atoms with E-state index in [1.54, 1.807) is 18.2 Å². The molecule has 0 unspecified atom stereocenters. The lowest BCUT2D eigenvalue weighted by Crippen LogP contribution is -2.38. The predicted molar refractivity (Wildman–Crippen MR) is 104 cm³/mol. The monoisotopic (exact) mass is 366 g/mol. The summed E-state index contributed by atoms with van der Waals surface area (Å²) < 4.78 is 0. The van der Waals surface area contributed by atoms with Crippen molar-refractivity contribution >= 4 is 11.9 Å². The Morgan fingerprint density at radius 1 is 1.19 bits per heavy atom. The molecule has 1 saturated heterocycles. The number of carbonyl (C=O) groups excluding carboxylic acids is 1. The Balaban J connectivity index is 1.67. The smallest absolute Gasteiger partial charge is 0.336 e. The largest absolute Gasteiger partial charge is 0.478 e. The summed E-state index contributed by atoms with van der Waals surface area (Å²) in [5.74, 6) is -0.301. The van der Waals surface area contributed by atoms with Crippen molar-refractivity contribution in [2.45, 2.75) is 33.6 Å². The van der Waals surface area contributed by atoms with E-state index in [0.29, 0.717) is 17.2 Å². The fraction of sp³-hybridized carbons (Fsp3) is 0.409. The first kappa shape index (κ1) is 19.1. The second kappa shape index (κ2) is 7.51. The molecule has 2 heterocycles. The van der Waals surface area contributed by atoms with E-state index in [-0.39, 0.29) is 16.9 Å². The number of carbonyl (C=O) groups is 2. The van der Waals surface area contributed by atoms with E-state index in [1.165, 1.54) is 0 Å². The van der Waals surface area contributed by atoms with E-state index in [4.69, 9.17) is 0 Å². The predicted octanol–water partition coefficient (Wildman–Crippen LogP) is 3.88. The minimum Gasteiger partial charge on any atom is -0.478 e. The van der Waals surface area contributed by atoms with Gasteiger partial charge in [-0.25, -0.2) is 4.79 Å². The number of nitrogens with zero attached hydrogens (tertiary/aromatic N) is 2. The molecule has 1 aromatic heterocycles. The van der Waals surface area contributed by atoms with Crippen molar-refractivity contribution in [3.05, 3.63) is 53.7 Å². The van der Waals surface area contributed by atoms with E-state index in [9.17, 15) is 14.7 Å². The summed E-state index contributed by atoms with van der Waals surface area (Å²) in [5, 5.41) is 9.34. The van der Waals surface area contributed by atoms with Crippen LogP contribution in [0.5, 0.6) is 0 Å². The number of hydrogen-bond donors (Lipinski definition) is 1. The van der Waals surface area contributed by atoms with Gasteiger partial charge in [0.25, 0.3) is 0 Å². The molecule has 1 N–H and O–H groups in total. The van der Waals surface area contributed by atoms with Gasteiger partial charge in [-0.2, -0.15) is 0 Å². The van der Waals surface area contributed by atoms with Gasteiger partial charge in [0.2, 0.25) is 5.91 Å². The topological polar surface area (TPSA) is 70.5 Å². The first-order valence-corrected chi connectivity index (χ1v) is 9.32. The van der Waals surface area contributed by atoms with Gasteiger partial charge in [-0.15, -0.1) is 0 Å². The highest BCUT2D eigenvalue weighted by atomic mass is 16.4. The molecule has 1 aliphatic heterocycles. The number of benzene rings is 1.